The van der Waals surface area contributed by atoms with Gasteiger partial charge in [0.1, 0.15) is 42.7 Å². The van der Waals surface area contributed by atoms with Gasteiger partial charge in [0.15, 0.2) is 0 Å². The van der Waals surface area contributed by atoms with Crippen molar-refractivity contribution in [3.63, 3.8) is 0 Å². The second-order valence-corrected chi connectivity index (χ2v) is 15.7. The average Bonchev–Trinajstić information content (AvgIpc) is 2.76. The van der Waals surface area contributed by atoms with Crippen molar-refractivity contribution in [1.29, 1.82) is 0 Å². The van der Waals surface area contributed by atoms with Crippen LogP contribution in [-0.2, 0) is 59.3 Å². The third-order valence-corrected chi connectivity index (χ3v) is 7.89. The second-order valence-electron chi connectivity index (χ2n) is 8.59. The summed E-state index contributed by atoms with van der Waals surface area (Å²) in [5.41, 5.74) is 10.4. The Morgan fingerprint density at radius 3 is 0.826 bits per heavy atom. The molecule has 0 spiro atoms. The van der Waals surface area contributed by atoms with Crippen LogP contribution in [-0.4, -0.2) is 119 Å². The number of aliphatic carboxylic acids is 1. The molecular weight excluding hydrogens is 774 g/mol. The number of unbranched alkanes of at least 4 members (excludes halogenated alkanes) is 1. The van der Waals surface area contributed by atoms with E-state index in [0.717, 1.165) is 12.8 Å². The molecule has 1 fully saturated rings. The minimum absolute atomic E-state index is 0.520. The van der Waals surface area contributed by atoms with E-state index in [1.54, 1.807) is 0 Å². The maximum absolute atomic E-state index is 11.4. The fraction of sp³-hybridized carbons (Fsp3) is 0.917. The van der Waals surface area contributed by atoms with Crippen molar-refractivity contribution in [2.75, 3.05) is 6.54 Å². The number of hydrogen-bond acceptors (Lipinski definition) is 15. The Bertz CT molecular complexity index is 1050. The monoisotopic (exact) mass is 806 g/mol. The lowest BCUT2D eigenvalue weighted by Gasteiger charge is -2.48. The number of hydrogen-bond donors (Lipinski definition) is 15. The highest BCUT2D eigenvalue weighted by atomic mass is 31.2. The lowest BCUT2D eigenvalue weighted by Crippen LogP contribution is -2.66. The lowest BCUT2D eigenvalue weighted by molar-refractivity contribution is -0.202. The summed E-state index contributed by atoms with van der Waals surface area (Å²) < 4.78 is 93.1. The molecule has 0 aromatic rings. The molecule has 34 heteroatoms. The van der Waals surface area contributed by atoms with Crippen molar-refractivity contribution in [2.24, 2.45) is 11.5 Å². The van der Waals surface area contributed by atoms with Gasteiger partial charge in [-0.25, -0.2) is 27.4 Å². The Morgan fingerprint density at radius 1 is 0.500 bits per heavy atom. The molecule has 0 amide bonds. The number of carboxylic acids is 1. The lowest BCUT2D eigenvalue weighted by atomic mass is 9.85. The summed E-state index contributed by atoms with van der Waals surface area (Å²) in [6.07, 6.45) is -16.7. The Morgan fingerprint density at radius 2 is 0.696 bits per heavy atom. The maximum atomic E-state index is 11.4. The van der Waals surface area contributed by atoms with Crippen LogP contribution in [0.25, 0.3) is 0 Å². The fourth-order valence-electron chi connectivity index (χ4n) is 3.42. The molecule has 28 nitrogen and oxygen atoms in total. The third kappa shape index (κ3) is 20.5. The third-order valence-electron chi connectivity index (χ3n) is 4.78. The van der Waals surface area contributed by atoms with Crippen LogP contribution in [0.5, 0.6) is 0 Å². The van der Waals surface area contributed by atoms with E-state index >= 15 is 0 Å². The molecule has 0 aromatic heterocycles. The van der Waals surface area contributed by atoms with Crippen LogP contribution in [0.4, 0.5) is 0 Å². The van der Waals surface area contributed by atoms with E-state index in [0.29, 0.717) is 13.0 Å². The van der Waals surface area contributed by atoms with E-state index in [-0.39, 0.29) is 0 Å². The molecule has 0 heterocycles. The topological polar surface area (TPSA) is 490 Å². The molecule has 0 saturated heterocycles. The van der Waals surface area contributed by atoms with Crippen molar-refractivity contribution < 1.29 is 123 Å². The summed E-state index contributed by atoms with van der Waals surface area (Å²) in [6.45, 7) is 0.604. The number of phosphoric acid groups is 6. The average molecular weight is 806 g/mol. The predicted octanol–water partition coefficient (Wildman–Crippen LogP) is -3.61. The molecule has 0 unspecified atom stereocenters. The fourth-order valence-corrected chi connectivity index (χ4v) is 6.77. The standard InChI is InChI=1S/C6H14N2O2.C6H18O24P6/c7-4-2-1-3-5(8)6(9)10;7-31(8,9)25-1-2(26-32(10,11)12)4(28-34(16,17)18)6(30-36(22,23)24)5(29-35(19,20)21)3(1)27-33(13,14)15/h5H,1-4,7-8H2,(H,9,10);1-6H,(H2,7,8,9)(H2,10,11,12)(H2,13,14,15)(H2,16,17,18)(H2,19,20,21)(H2,22,23,24)/t5-;/m0./s1. The van der Waals surface area contributed by atoms with E-state index in [1.807, 2.05) is 0 Å². The minimum Gasteiger partial charge on any atom is -0.480 e. The van der Waals surface area contributed by atoms with Crippen LogP contribution in [0.1, 0.15) is 19.3 Å². The van der Waals surface area contributed by atoms with E-state index < -0.39 is 95.6 Å². The van der Waals surface area contributed by atoms with E-state index in [9.17, 15) is 32.2 Å². The number of rotatable bonds is 17. The minimum atomic E-state index is -6.02. The largest absolute Gasteiger partial charge is 0.480 e. The molecule has 1 aliphatic carbocycles. The first-order valence-electron chi connectivity index (χ1n) is 11.4. The highest BCUT2D eigenvalue weighted by molar-refractivity contribution is 7.47. The molecule has 46 heavy (non-hydrogen) atoms. The first-order chi connectivity index (χ1) is 20.3. The summed E-state index contributed by atoms with van der Waals surface area (Å²) >= 11 is 0. The van der Waals surface area contributed by atoms with Crippen LogP contribution >= 0.6 is 46.9 Å². The second kappa shape index (κ2) is 17.8. The summed E-state index contributed by atoms with van der Waals surface area (Å²) in [5.74, 6) is -0.933. The number of carbonyl (C=O) groups is 1. The maximum Gasteiger partial charge on any atom is 0.470 e. The zero-order valence-corrected chi connectivity index (χ0v) is 27.7. The van der Waals surface area contributed by atoms with Crippen LogP contribution in [0, 0.1) is 0 Å². The molecule has 1 atom stereocenters. The van der Waals surface area contributed by atoms with Crippen molar-refractivity contribution in [1.82, 2.24) is 0 Å². The molecule has 0 radical (unpaired) electrons. The Kier molecular flexibility index (Phi) is 17.8. The van der Waals surface area contributed by atoms with Gasteiger partial charge in [-0.1, -0.05) is 6.42 Å². The quantitative estimate of drug-likeness (QED) is 0.0498. The Balaban J connectivity index is 0.00000173. The van der Waals surface area contributed by atoms with Gasteiger partial charge in [-0.05, 0) is 19.4 Å². The van der Waals surface area contributed by atoms with Gasteiger partial charge in [-0.3, -0.25) is 31.9 Å². The van der Waals surface area contributed by atoms with Gasteiger partial charge in [0.2, 0.25) is 0 Å². The molecule has 1 aliphatic rings. The van der Waals surface area contributed by atoms with Gasteiger partial charge in [-0.2, -0.15) is 0 Å². The highest BCUT2D eigenvalue weighted by Crippen LogP contribution is 2.57. The van der Waals surface area contributed by atoms with Gasteiger partial charge in [0.05, 0.1) is 0 Å². The zero-order chi connectivity index (χ0) is 36.7. The van der Waals surface area contributed by atoms with Crippen molar-refractivity contribution in [3.8, 4) is 0 Å². The van der Waals surface area contributed by atoms with Crippen molar-refractivity contribution >= 4 is 52.9 Å². The molecule has 0 aliphatic heterocycles. The first kappa shape index (κ1) is 46.0. The van der Waals surface area contributed by atoms with Crippen LogP contribution in [0.2, 0.25) is 0 Å². The molecule has 1 rings (SSSR count). The summed E-state index contributed by atoms with van der Waals surface area (Å²) in [6, 6.07) is -0.716. The van der Waals surface area contributed by atoms with Gasteiger partial charge in [0, 0.05) is 0 Å². The van der Waals surface area contributed by atoms with E-state index in [2.05, 4.69) is 27.1 Å². The normalized spacial score (nSPS) is 25.8. The van der Waals surface area contributed by atoms with E-state index in [1.165, 1.54) is 0 Å². The zero-order valence-electron chi connectivity index (χ0n) is 22.3. The van der Waals surface area contributed by atoms with Gasteiger partial charge < -0.3 is 75.3 Å². The smallest absolute Gasteiger partial charge is 0.470 e. The summed E-state index contributed by atoms with van der Waals surface area (Å²) in [4.78, 5) is 120. The molecule has 276 valence electrons. The number of nitrogens with two attached hydrogens (primary N) is 2. The first-order valence-corrected chi connectivity index (χ1v) is 20.6. The SMILES string of the molecule is NCCCC[C@H](N)C(=O)O.O=P(O)(O)OC1C(OP(=O)(O)O)C(OP(=O)(O)O)C(OP(=O)(O)O)C(OP(=O)(O)O)C1OP(=O)(O)O. The number of carboxylic acid groups (broad SMARTS) is 1. The number of phosphoric ester groups is 6. The predicted molar refractivity (Wildman–Crippen MR) is 140 cm³/mol. The van der Waals surface area contributed by atoms with Crippen molar-refractivity contribution in [2.45, 2.75) is 61.9 Å². The van der Waals surface area contributed by atoms with Gasteiger partial charge >= 0.3 is 52.9 Å². The van der Waals surface area contributed by atoms with Crippen LogP contribution in [0.3, 0.4) is 0 Å². The van der Waals surface area contributed by atoms with Crippen LogP contribution < -0.4 is 11.5 Å². The Hall–Kier alpha value is 0.0500. The van der Waals surface area contributed by atoms with Gasteiger partial charge in [0.25, 0.3) is 0 Å². The highest BCUT2D eigenvalue weighted by Gasteiger charge is 2.62. The van der Waals surface area contributed by atoms with Gasteiger partial charge in [-0.15, -0.1) is 0 Å². The van der Waals surface area contributed by atoms with Crippen molar-refractivity contribution in [3.05, 3.63) is 0 Å². The summed E-state index contributed by atoms with van der Waals surface area (Å²) in [7, 11) is -36.1. The molecule has 0 bridgehead atoms. The van der Waals surface area contributed by atoms with Crippen LogP contribution in [0.15, 0.2) is 0 Å². The summed E-state index contributed by atoms with van der Waals surface area (Å²) in [5, 5.41) is 8.33. The molecule has 17 N–H and O–H groups in total. The Labute approximate surface area is 256 Å². The van der Waals surface area contributed by atoms with E-state index in [4.69, 9.17) is 75.3 Å². The molecule has 0 aromatic carbocycles. The molecular formula is C12H32N2O26P6. The molecule has 1 saturated carbocycles.